The number of nitrogens with one attached hydrogen (secondary N) is 2. The molecule has 2 amide bonds. The van der Waals surface area contributed by atoms with Gasteiger partial charge in [-0.25, -0.2) is 0 Å². The number of likely N-dealkylation sites (N-methyl/N-ethyl adjacent to an activating group) is 1. The first-order valence-electron chi connectivity index (χ1n) is 6.06. The number of carbonyl (C=O) groups is 2. The summed E-state index contributed by atoms with van der Waals surface area (Å²) in [5.41, 5.74) is 1.47. The molecule has 1 fully saturated rings. The summed E-state index contributed by atoms with van der Waals surface area (Å²) < 4.78 is 0. The maximum atomic E-state index is 11.7. The molecule has 5 heteroatoms. The Kier molecular flexibility index (Phi) is 3.94. The number of benzene rings is 1. The van der Waals surface area contributed by atoms with Crippen LogP contribution in [0, 0.1) is 0 Å². The minimum Gasteiger partial charge on any atom is -0.323 e. The van der Waals surface area contributed by atoms with Crippen LogP contribution >= 0.6 is 0 Å². The third-order valence-electron chi connectivity index (χ3n) is 2.88. The number of amides is 2. The molecule has 1 aliphatic rings. The first-order valence-corrected chi connectivity index (χ1v) is 6.06. The summed E-state index contributed by atoms with van der Waals surface area (Å²) in [6.45, 7) is 0.972. The van der Waals surface area contributed by atoms with Gasteiger partial charge in [-0.2, -0.15) is 0 Å². The zero-order chi connectivity index (χ0) is 13.0. The van der Waals surface area contributed by atoms with Crippen LogP contribution in [0.5, 0.6) is 0 Å². The zero-order valence-corrected chi connectivity index (χ0v) is 10.4. The van der Waals surface area contributed by atoms with Gasteiger partial charge in [0, 0.05) is 13.0 Å². The van der Waals surface area contributed by atoms with E-state index in [1.807, 2.05) is 24.3 Å². The normalized spacial score (nSPS) is 14.9. The van der Waals surface area contributed by atoms with Gasteiger partial charge in [0.25, 0.3) is 0 Å². The monoisotopic (exact) mass is 247 g/mol. The van der Waals surface area contributed by atoms with Crippen LogP contribution in [0.25, 0.3) is 0 Å². The van der Waals surface area contributed by atoms with Crippen LogP contribution < -0.4 is 15.5 Å². The van der Waals surface area contributed by atoms with E-state index in [0.29, 0.717) is 12.1 Å². The summed E-state index contributed by atoms with van der Waals surface area (Å²) in [6, 6.07) is 7.39. The SMILES string of the molecule is CNCC(=O)Nc1ccccc1N1CCCC1=O. The molecule has 0 saturated carbocycles. The quantitative estimate of drug-likeness (QED) is 0.833. The number of rotatable bonds is 4. The summed E-state index contributed by atoms with van der Waals surface area (Å²) in [5.74, 6) is 0.00177. The summed E-state index contributed by atoms with van der Waals surface area (Å²) in [7, 11) is 1.72. The number of para-hydroxylation sites is 2. The molecule has 0 aliphatic carbocycles. The molecule has 0 bridgehead atoms. The smallest absolute Gasteiger partial charge is 0.238 e. The van der Waals surface area contributed by atoms with Crippen molar-refractivity contribution in [3.63, 3.8) is 0 Å². The third-order valence-corrected chi connectivity index (χ3v) is 2.88. The highest BCUT2D eigenvalue weighted by Crippen LogP contribution is 2.29. The van der Waals surface area contributed by atoms with Crippen LogP contribution in [0.15, 0.2) is 24.3 Å². The van der Waals surface area contributed by atoms with E-state index in [1.165, 1.54) is 0 Å². The largest absolute Gasteiger partial charge is 0.323 e. The van der Waals surface area contributed by atoms with Crippen LogP contribution in [-0.2, 0) is 9.59 Å². The van der Waals surface area contributed by atoms with Gasteiger partial charge in [-0.15, -0.1) is 0 Å². The van der Waals surface area contributed by atoms with Crippen LogP contribution in [0.3, 0.4) is 0 Å². The summed E-state index contributed by atoms with van der Waals surface area (Å²) in [6.07, 6.45) is 1.45. The highest BCUT2D eigenvalue weighted by atomic mass is 16.2. The number of hydrogen-bond acceptors (Lipinski definition) is 3. The molecule has 2 N–H and O–H groups in total. The first kappa shape index (κ1) is 12.6. The molecule has 0 spiro atoms. The molecular weight excluding hydrogens is 230 g/mol. The Hall–Kier alpha value is -1.88. The average molecular weight is 247 g/mol. The molecule has 18 heavy (non-hydrogen) atoms. The van der Waals surface area contributed by atoms with Crippen LogP contribution in [0.1, 0.15) is 12.8 Å². The van der Waals surface area contributed by atoms with Gasteiger partial charge in [0.1, 0.15) is 0 Å². The average Bonchev–Trinajstić information content (AvgIpc) is 2.76. The van der Waals surface area contributed by atoms with Crippen molar-refractivity contribution >= 4 is 23.2 Å². The highest BCUT2D eigenvalue weighted by Gasteiger charge is 2.23. The molecule has 2 rings (SSSR count). The van der Waals surface area contributed by atoms with Crippen LogP contribution in [0.4, 0.5) is 11.4 Å². The number of carbonyl (C=O) groups excluding carboxylic acids is 2. The van der Waals surface area contributed by atoms with Gasteiger partial charge < -0.3 is 15.5 Å². The third kappa shape index (κ3) is 2.68. The van der Waals surface area contributed by atoms with E-state index in [2.05, 4.69) is 10.6 Å². The van der Waals surface area contributed by atoms with Crippen molar-refractivity contribution in [1.29, 1.82) is 0 Å². The van der Waals surface area contributed by atoms with E-state index in [4.69, 9.17) is 0 Å². The van der Waals surface area contributed by atoms with Crippen LogP contribution in [0.2, 0.25) is 0 Å². The van der Waals surface area contributed by atoms with E-state index >= 15 is 0 Å². The lowest BCUT2D eigenvalue weighted by atomic mass is 10.2. The molecule has 0 aromatic heterocycles. The fraction of sp³-hybridized carbons (Fsp3) is 0.385. The Morgan fingerprint density at radius 2 is 2.17 bits per heavy atom. The van der Waals surface area contributed by atoms with Gasteiger partial charge in [-0.05, 0) is 25.6 Å². The predicted molar refractivity (Wildman–Crippen MR) is 70.6 cm³/mol. The second kappa shape index (κ2) is 5.64. The van der Waals surface area contributed by atoms with Crippen molar-refractivity contribution < 1.29 is 9.59 Å². The van der Waals surface area contributed by atoms with E-state index in [1.54, 1.807) is 11.9 Å². The zero-order valence-electron chi connectivity index (χ0n) is 10.4. The minimum absolute atomic E-state index is 0.114. The van der Waals surface area contributed by atoms with E-state index < -0.39 is 0 Å². The second-order valence-corrected chi connectivity index (χ2v) is 4.24. The van der Waals surface area contributed by atoms with E-state index in [-0.39, 0.29) is 18.4 Å². The van der Waals surface area contributed by atoms with Gasteiger partial charge in [-0.1, -0.05) is 12.1 Å². The lowest BCUT2D eigenvalue weighted by Crippen LogP contribution is -2.28. The summed E-state index contributed by atoms with van der Waals surface area (Å²) in [4.78, 5) is 25.1. The van der Waals surface area contributed by atoms with Crippen molar-refractivity contribution in [3.8, 4) is 0 Å². The van der Waals surface area contributed by atoms with Gasteiger partial charge >= 0.3 is 0 Å². The summed E-state index contributed by atoms with van der Waals surface area (Å²) in [5, 5.41) is 5.61. The number of nitrogens with zero attached hydrogens (tertiary/aromatic N) is 1. The maximum Gasteiger partial charge on any atom is 0.238 e. The topological polar surface area (TPSA) is 61.4 Å². The van der Waals surface area contributed by atoms with E-state index in [9.17, 15) is 9.59 Å². The molecule has 1 aromatic carbocycles. The molecule has 1 aliphatic heterocycles. The first-order chi connectivity index (χ1) is 8.72. The minimum atomic E-state index is -0.114. The van der Waals surface area contributed by atoms with Crippen molar-refractivity contribution in [2.45, 2.75) is 12.8 Å². The molecule has 1 aromatic rings. The maximum absolute atomic E-state index is 11.7. The second-order valence-electron chi connectivity index (χ2n) is 4.24. The lowest BCUT2D eigenvalue weighted by Gasteiger charge is -2.19. The molecule has 0 radical (unpaired) electrons. The molecule has 96 valence electrons. The van der Waals surface area contributed by atoms with Crippen molar-refractivity contribution in [2.24, 2.45) is 0 Å². The predicted octanol–water partition coefficient (Wildman–Crippen LogP) is 0.971. The Morgan fingerprint density at radius 1 is 1.39 bits per heavy atom. The fourth-order valence-electron chi connectivity index (χ4n) is 2.07. The molecule has 0 unspecified atom stereocenters. The Morgan fingerprint density at radius 3 is 2.83 bits per heavy atom. The van der Waals surface area contributed by atoms with Gasteiger partial charge in [0.05, 0.1) is 17.9 Å². The standard InChI is InChI=1S/C13H17N3O2/c1-14-9-12(17)15-10-5-2-3-6-11(10)16-8-4-7-13(16)18/h2-3,5-6,14H,4,7-9H2,1H3,(H,15,17). The number of hydrogen-bond donors (Lipinski definition) is 2. The van der Waals surface area contributed by atoms with Gasteiger partial charge in [0.2, 0.25) is 11.8 Å². The number of anilines is 2. The van der Waals surface area contributed by atoms with E-state index in [0.717, 1.165) is 18.7 Å². The lowest BCUT2D eigenvalue weighted by molar-refractivity contribution is -0.117. The Labute approximate surface area is 106 Å². The molecule has 5 nitrogen and oxygen atoms in total. The van der Waals surface area contributed by atoms with Crippen LogP contribution in [-0.4, -0.2) is 32.0 Å². The molecule has 1 saturated heterocycles. The molecular formula is C13H17N3O2. The molecule has 1 heterocycles. The van der Waals surface area contributed by atoms with Crippen molar-refractivity contribution in [2.75, 3.05) is 30.4 Å². The van der Waals surface area contributed by atoms with Gasteiger partial charge in [-0.3, -0.25) is 9.59 Å². The van der Waals surface area contributed by atoms with Gasteiger partial charge in [0.15, 0.2) is 0 Å². The van der Waals surface area contributed by atoms with Crippen molar-refractivity contribution in [1.82, 2.24) is 5.32 Å². The van der Waals surface area contributed by atoms with Crippen molar-refractivity contribution in [3.05, 3.63) is 24.3 Å². The fourth-order valence-corrected chi connectivity index (χ4v) is 2.07. The molecule has 0 atom stereocenters. The Balaban J connectivity index is 2.20. The highest BCUT2D eigenvalue weighted by molar-refractivity contribution is 6.02. The summed E-state index contributed by atoms with van der Waals surface area (Å²) >= 11 is 0. The Bertz CT molecular complexity index is 459.